The minimum atomic E-state index is 0.238. The van der Waals surface area contributed by atoms with E-state index in [0.717, 1.165) is 48.6 Å². The monoisotopic (exact) mass is 528 g/mol. The molecular weight excluding hydrogens is 492 g/mol. The summed E-state index contributed by atoms with van der Waals surface area (Å²) in [6.07, 6.45) is 22.9. The van der Waals surface area contributed by atoms with Gasteiger partial charge in [0, 0.05) is 18.6 Å². The minimum Gasteiger partial charge on any atom is -0.289 e. The lowest BCUT2D eigenvalue weighted by Gasteiger charge is -2.29. The lowest BCUT2D eigenvalue weighted by atomic mass is 9.83. The molecule has 204 valence electrons. The molecule has 0 bridgehead atoms. The number of allylic oxidation sites excluding steroid dienone is 6. The lowest BCUT2D eigenvalue weighted by molar-refractivity contribution is -0.0533. The fourth-order valence-corrected chi connectivity index (χ4v) is 5.20. The predicted octanol–water partition coefficient (Wildman–Crippen LogP) is 5.39. The Morgan fingerprint density at radius 2 is 0.795 bits per heavy atom. The molecule has 3 N–H and O–H groups in total. The summed E-state index contributed by atoms with van der Waals surface area (Å²) in [5.41, 5.74) is 8.15. The van der Waals surface area contributed by atoms with Crippen molar-refractivity contribution in [1.82, 2.24) is 15.2 Å². The molecule has 0 radical (unpaired) electrons. The molecule has 9 heteroatoms. The van der Waals surface area contributed by atoms with Crippen LogP contribution >= 0.6 is 0 Å². The van der Waals surface area contributed by atoms with Gasteiger partial charge in [-0.1, -0.05) is 20.8 Å². The number of rotatable bonds is 12. The molecule has 0 fully saturated rings. The summed E-state index contributed by atoms with van der Waals surface area (Å²) in [5.74, 6) is 0. The van der Waals surface area contributed by atoms with Crippen LogP contribution < -0.4 is 0 Å². The normalized spacial score (nSPS) is 18.2. The summed E-state index contributed by atoms with van der Waals surface area (Å²) in [6.45, 7) is 6.97. The van der Waals surface area contributed by atoms with Gasteiger partial charge in [0.15, 0.2) is 0 Å². The van der Waals surface area contributed by atoms with Crippen LogP contribution in [0.2, 0.25) is 0 Å². The van der Waals surface area contributed by atoms with Gasteiger partial charge in [0.05, 0.1) is 55.3 Å². The third-order valence-electron chi connectivity index (χ3n) is 6.78. The zero-order valence-electron chi connectivity index (χ0n) is 22.7. The summed E-state index contributed by atoms with van der Waals surface area (Å²) in [6, 6.07) is 0. The Kier molecular flexibility index (Phi) is 9.43. The van der Waals surface area contributed by atoms with E-state index in [1.54, 1.807) is 37.2 Å². The Morgan fingerprint density at radius 3 is 1.00 bits per heavy atom. The van der Waals surface area contributed by atoms with Gasteiger partial charge >= 0.3 is 0 Å². The first-order valence-corrected chi connectivity index (χ1v) is 13.2. The number of hydrogen-bond acceptors (Lipinski definition) is 9. The summed E-state index contributed by atoms with van der Waals surface area (Å²) >= 11 is 0. The Bertz CT molecular complexity index is 1120. The van der Waals surface area contributed by atoms with Gasteiger partial charge in [-0.3, -0.25) is 45.8 Å². The molecule has 3 heterocycles. The summed E-state index contributed by atoms with van der Waals surface area (Å²) < 4.78 is 0. The standard InChI is InChI=1S/C30H36N6O3/c1-4-25-28(19-34(37)16-22-10-7-13-31-22)26(5-2)30(21-36(39)18-24-12-9-15-33-24)27(6-3)29(25)20-35(38)17-23-11-8-14-32-23/h7-18,37-39H,4-6,19-21H2,1-3H3/b22-16-,23-17+,24-18+. The van der Waals surface area contributed by atoms with E-state index in [1.807, 2.05) is 36.5 Å². The molecule has 1 aromatic carbocycles. The van der Waals surface area contributed by atoms with E-state index in [0.29, 0.717) is 36.4 Å². The third kappa shape index (κ3) is 6.88. The Labute approximate surface area is 229 Å². The fourth-order valence-electron chi connectivity index (χ4n) is 5.20. The van der Waals surface area contributed by atoms with E-state index in [9.17, 15) is 15.6 Å². The van der Waals surface area contributed by atoms with Crippen molar-refractivity contribution >= 4 is 18.6 Å². The highest BCUT2D eigenvalue weighted by molar-refractivity contribution is 5.77. The first-order valence-electron chi connectivity index (χ1n) is 13.2. The zero-order valence-corrected chi connectivity index (χ0v) is 22.7. The van der Waals surface area contributed by atoms with Crippen LogP contribution in [0.5, 0.6) is 0 Å². The van der Waals surface area contributed by atoms with Crippen molar-refractivity contribution in [3.05, 3.63) is 106 Å². The van der Waals surface area contributed by atoms with Crippen LogP contribution in [-0.4, -0.2) is 49.5 Å². The van der Waals surface area contributed by atoms with E-state index in [2.05, 4.69) is 35.7 Å². The maximum atomic E-state index is 10.9. The maximum absolute atomic E-state index is 10.9. The van der Waals surface area contributed by atoms with Crippen LogP contribution in [-0.2, 0) is 38.9 Å². The fraction of sp³-hybridized carbons (Fsp3) is 0.300. The van der Waals surface area contributed by atoms with Crippen LogP contribution in [0.4, 0.5) is 0 Å². The van der Waals surface area contributed by atoms with Crippen molar-refractivity contribution in [2.75, 3.05) is 0 Å². The number of hydroxylamine groups is 6. The second-order valence-corrected chi connectivity index (χ2v) is 9.30. The first kappa shape index (κ1) is 28.0. The van der Waals surface area contributed by atoms with E-state index in [4.69, 9.17) is 0 Å². The van der Waals surface area contributed by atoms with Crippen molar-refractivity contribution in [2.45, 2.75) is 59.7 Å². The molecule has 1 aromatic rings. The molecule has 0 spiro atoms. The molecule has 0 saturated carbocycles. The maximum Gasteiger partial charge on any atom is 0.0813 e. The molecule has 39 heavy (non-hydrogen) atoms. The summed E-state index contributed by atoms with van der Waals surface area (Å²) in [5, 5.41) is 36.2. The summed E-state index contributed by atoms with van der Waals surface area (Å²) in [7, 11) is 0. The van der Waals surface area contributed by atoms with Gasteiger partial charge in [-0.25, -0.2) is 0 Å². The van der Waals surface area contributed by atoms with Crippen molar-refractivity contribution in [1.29, 1.82) is 0 Å². The van der Waals surface area contributed by atoms with Crippen molar-refractivity contribution < 1.29 is 15.6 Å². The molecule has 0 aliphatic carbocycles. The molecule has 4 rings (SSSR count). The van der Waals surface area contributed by atoms with Crippen LogP contribution in [0, 0.1) is 0 Å². The van der Waals surface area contributed by atoms with Gasteiger partial charge in [0.2, 0.25) is 0 Å². The smallest absolute Gasteiger partial charge is 0.0813 e. The number of hydrogen-bond donors (Lipinski definition) is 3. The average Bonchev–Trinajstić information content (AvgIpc) is 3.69. The molecule has 0 saturated heterocycles. The summed E-state index contributed by atoms with van der Waals surface area (Å²) in [4.78, 5) is 12.7. The molecular formula is C30H36N6O3. The third-order valence-corrected chi connectivity index (χ3v) is 6.78. The van der Waals surface area contributed by atoms with E-state index < -0.39 is 0 Å². The lowest BCUT2D eigenvalue weighted by Crippen LogP contribution is -2.24. The van der Waals surface area contributed by atoms with Crippen LogP contribution in [0.3, 0.4) is 0 Å². The highest BCUT2D eigenvalue weighted by atomic mass is 16.5. The predicted molar refractivity (Wildman–Crippen MR) is 154 cm³/mol. The molecule has 0 aromatic heterocycles. The topological polar surface area (TPSA) is 107 Å². The Morgan fingerprint density at radius 1 is 0.513 bits per heavy atom. The SMILES string of the molecule is CCc1c(CN(O)/C=C2/C=CC=N2)c(CC)c(CN(O)/C=C2\C=CC=N2)c(CC)c1CN(O)/C=C1\C=CC=N1. The minimum absolute atomic E-state index is 0.238. The van der Waals surface area contributed by atoms with Gasteiger partial charge in [-0.05, 0) is 89.1 Å². The van der Waals surface area contributed by atoms with Gasteiger partial charge in [-0.15, -0.1) is 0 Å². The highest BCUT2D eigenvalue weighted by Crippen LogP contribution is 2.33. The molecule has 0 unspecified atom stereocenters. The van der Waals surface area contributed by atoms with Crippen LogP contribution in [0.25, 0.3) is 0 Å². The van der Waals surface area contributed by atoms with Gasteiger partial charge < -0.3 is 0 Å². The van der Waals surface area contributed by atoms with Gasteiger partial charge in [0.25, 0.3) is 0 Å². The Balaban J connectivity index is 1.81. The average molecular weight is 529 g/mol. The van der Waals surface area contributed by atoms with Crippen LogP contribution in [0.1, 0.15) is 54.2 Å². The van der Waals surface area contributed by atoms with Crippen LogP contribution in [0.15, 0.2) is 87.1 Å². The Hall–Kier alpha value is -4.05. The molecule has 3 aliphatic heterocycles. The molecule has 0 amide bonds. The molecule has 0 atom stereocenters. The van der Waals surface area contributed by atoms with E-state index in [1.165, 1.54) is 0 Å². The number of nitrogens with zero attached hydrogens (tertiary/aromatic N) is 6. The largest absolute Gasteiger partial charge is 0.289 e. The first-order chi connectivity index (χ1) is 18.9. The number of benzene rings is 1. The zero-order chi connectivity index (χ0) is 27.8. The van der Waals surface area contributed by atoms with E-state index >= 15 is 0 Å². The highest BCUT2D eigenvalue weighted by Gasteiger charge is 2.24. The second kappa shape index (κ2) is 13.1. The molecule has 3 aliphatic rings. The van der Waals surface area contributed by atoms with Crippen molar-refractivity contribution in [3.8, 4) is 0 Å². The van der Waals surface area contributed by atoms with Crippen molar-refractivity contribution in [3.63, 3.8) is 0 Å². The van der Waals surface area contributed by atoms with E-state index in [-0.39, 0.29) is 19.6 Å². The van der Waals surface area contributed by atoms with Gasteiger partial charge in [0.1, 0.15) is 0 Å². The number of aliphatic imine (C=N–C) groups is 3. The van der Waals surface area contributed by atoms with Gasteiger partial charge in [-0.2, -0.15) is 0 Å². The van der Waals surface area contributed by atoms with Crippen molar-refractivity contribution in [2.24, 2.45) is 15.0 Å². The quantitative estimate of drug-likeness (QED) is 0.314. The molecule has 9 nitrogen and oxygen atoms in total. The second-order valence-electron chi connectivity index (χ2n) is 9.30.